The first-order chi connectivity index (χ1) is 12.8. The van der Waals surface area contributed by atoms with Crippen molar-refractivity contribution in [2.24, 2.45) is 0 Å². The molecule has 4 atom stereocenters. The van der Waals surface area contributed by atoms with Gasteiger partial charge in [-0.15, -0.1) is 0 Å². The number of nitrogens with zero attached hydrogens (tertiary/aromatic N) is 1. The SMILES string of the molecule is COC(CI)c1cn(C2C[C@H](OC(C)=O)[C@@H](COC(C)=O)O2)c(=O)[nH]c1=O. The molecule has 0 amide bonds. The minimum Gasteiger partial charge on any atom is -0.463 e. The maximum atomic E-state index is 12.3. The third-order valence-electron chi connectivity index (χ3n) is 4.03. The Morgan fingerprint density at radius 3 is 2.63 bits per heavy atom. The molecular formula is C16H21IN2O8. The summed E-state index contributed by atoms with van der Waals surface area (Å²) in [5, 5.41) is 0. The molecule has 1 aliphatic rings. The summed E-state index contributed by atoms with van der Waals surface area (Å²) in [7, 11) is 1.47. The number of ether oxygens (including phenoxy) is 4. The van der Waals surface area contributed by atoms with Crippen LogP contribution < -0.4 is 11.2 Å². The van der Waals surface area contributed by atoms with Crippen LogP contribution in [0.4, 0.5) is 0 Å². The Bertz CT molecular complexity index is 800. The number of rotatable bonds is 7. The van der Waals surface area contributed by atoms with Crippen molar-refractivity contribution in [3.63, 3.8) is 0 Å². The van der Waals surface area contributed by atoms with E-state index in [1.165, 1.54) is 31.7 Å². The number of aromatic amines is 1. The van der Waals surface area contributed by atoms with Crippen molar-refractivity contribution < 1.29 is 28.5 Å². The van der Waals surface area contributed by atoms with Gasteiger partial charge in [-0.1, -0.05) is 22.6 Å². The zero-order valence-corrected chi connectivity index (χ0v) is 17.3. The van der Waals surface area contributed by atoms with Crippen molar-refractivity contribution in [2.75, 3.05) is 18.1 Å². The Kier molecular flexibility index (Phi) is 7.56. The van der Waals surface area contributed by atoms with E-state index in [1.807, 2.05) is 0 Å². The van der Waals surface area contributed by atoms with E-state index in [2.05, 4.69) is 27.6 Å². The predicted octanol–water partition coefficient (Wildman–Crippen LogP) is 0.441. The predicted molar refractivity (Wildman–Crippen MR) is 101 cm³/mol. The molecule has 0 aliphatic carbocycles. The smallest absolute Gasteiger partial charge is 0.330 e. The largest absolute Gasteiger partial charge is 0.463 e. The highest BCUT2D eigenvalue weighted by Gasteiger charge is 2.40. The van der Waals surface area contributed by atoms with Crippen molar-refractivity contribution in [3.05, 3.63) is 32.6 Å². The minimum atomic E-state index is -0.801. The van der Waals surface area contributed by atoms with E-state index in [0.717, 1.165) is 0 Å². The fraction of sp³-hybridized carbons (Fsp3) is 0.625. The number of H-pyrrole nitrogens is 1. The molecular weight excluding hydrogens is 475 g/mol. The third kappa shape index (κ3) is 5.39. The maximum Gasteiger partial charge on any atom is 0.330 e. The molecule has 27 heavy (non-hydrogen) atoms. The van der Waals surface area contributed by atoms with Crippen LogP contribution >= 0.6 is 22.6 Å². The van der Waals surface area contributed by atoms with Gasteiger partial charge in [-0.3, -0.25) is 23.9 Å². The Labute approximate surface area is 168 Å². The number of nitrogens with one attached hydrogen (secondary N) is 1. The van der Waals surface area contributed by atoms with Crippen molar-refractivity contribution in [1.82, 2.24) is 9.55 Å². The molecule has 1 saturated heterocycles. The number of halogens is 1. The average molecular weight is 496 g/mol. The van der Waals surface area contributed by atoms with Gasteiger partial charge in [-0.25, -0.2) is 4.79 Å². The first kappa shape index (κ1) is 21.6. The standard InChI is InChI=1S/C16H21IN2O8/c1-8(20)25-7-13-11(26-9(2)21)4-14(27-13)19-6-10(12(5-17)24-3)15(22)18-16(19)23/h6,11-14H,4-5,7H2,1-3H3,(H,18,22,23)/t11-,12?,13+,14?/m0/s1. The number of hydrogen-bond acceptors (Lipinski definition) is 8. The Morgan fingerprint density at radius 2 is 2.07 bits per heavy atom. The van der Waals surface area contributed by atoms with Crippen LogP contribution in [0.2, 0.25) is 0 Å². The lowest BCUT2D eigenvalue weighted by Crippen LogP contribution is -2.35. The summed E-state index contributed by atoms with van der Waals surface area (Å²) in [6.45, 7) is 2.38. The number of esters is 2. The molecule has 1 N–H and O–H groups in total. The van der Waals surface area contributed by atoms with Crippen LogP contribution in [-0.4, -0.2) is 51.8 Å². The molecule has 0 bridgehead atoms. The van der Waals surface area contributed by atoms with Gasteiger partial charge < -0.3 is 18.9 Å². The van der Waals surface area contributed by atoms with Gasteiger partial charge >= 0.3 is 17.6 Å². The van der Waals surface area contributed by atoms with E-state index in [9.17, 15) is 19.2 Å². The lowest BCUT2D eigenvalue weighted by atomic mass is 10.1. The molecule has 1 aliphatic heterocycles. The monoisotopic (exact) mass is 496 g/mol. The second kappa shape index (κ2) is 9.46. The maximum absolute atomic E-state index is 12.3. The zero-order chi connectivity index (χ0) is 20.1. The topological polar surface area (TPSA) is 126 Å². The summed E-state index contributed by atoms with van der Waals surface area (Å²) < 4.78 is 22.9. The van der Waals surface area contributed by atoms with E-state index in [-0.39, 0.29) is 18.6 Å². The van der Waals surface area contributed by atoms with E-state index in [1.54, 1.807) is 0 Å². The first-order valence-electron chi connectivity index (χ1n) is 8.17. The molecule has 0 spiro atoms. The number of aromatic nitrogens is 2. The van der Waals surface area contributed by atoms with Gasteiger partial charge in [0.05, 0.1) is 11.7 Å². The fourth-order valence-electron chi connectivity index (χ4n) is 2.78. The lowest BCUT2D eigenvalue weighted by Gasteiger charge is -2.18. The van der Waals surface area contributed by atoms with Gasteiger partial charge in [0.25, 0.3) is 5.56 Å². The van der Waals surface area contributed by atoms with Crippen LogP contribution in [0.1, 0.15) is 38.2 Å². The van der Waals surface area contributed by atoms with Gasteiger partial charge in [0.1, 0.15) is 25.0 Å². The first-order valence-corrected chi connectivity index (χ1v) is 9.69. The number of carbonyl (C=O) groups is 2. The quantitative estimate of drug-likeness (QED) is 0.328. The van der Waals surface area contributed by atoms with Crippen LogP contribution in [0.5, 0.6) is 0 Å². The molecule has 0 radical (unpaired) electrons. The highest BCUT2D eigenvalue weighted by Crippen LogP contribution is 2.30. The lowest BCUT2D eigenvalue weighted by molar-refractivity contribution is -0.155. The third-order valence-corrected chi connectivity index (χ3v) is 4.83. The van der Waals surface area contributed by atoms with E-state index < -0.39 is 47.7 Å². The summed E-state index contributed by atoms with van der Waals surface area (Å²) in [4.78, 5) is 49.0. The van der Waals surface area contributed by atoms with Gasteiger partial charge in [0.15, 0.2) is 0 Å². The molecule has 0 aromatic carbocycles. The summed E-state index contributed by atoms with van der Waals surface area (Å²) in [6.07, 6.45) is -1.17. The van der Waals surface area contributed by atoms with Crippen molar-refractivity contribution in [1.29, 1.82) is 0 Å². The molecule has 0 saturated carbocycles. The Balaban J connectivity index is 2.32. The summed E-state index contributed by atoms with van der Waals surface area (Å²) in [5.74, 6) is -1.02. The highest BCUT2D eigenvalue weighted by atomic mass is 127. The highest BCUT2D eigenvalue weighted by molar-refractivity contribution is 14.1. The van der Waals surface area contributed by atoms with Gasteiger partial charge in [-0.2, -0.15) is 0 Å². The van der Waals surface area contributed by atoms with E-state index >= 15 is 0 Å². The second-order valence-corrected chi connectivity index (χ2v) is 6.83. The molecule has 11 heteroatoms. The number of carbonyl (C=O) groups excluding carboxylic acids is 2. The molecule has 2 heterocycles. The normalized spacial score (nSPS) is 23.0. The van der Waals surface area contributed by atoms with Crippen molar-refractivity contribution in [2.45, 2.75) is 44.8 Å². The zero-order valence-electron chi connectivity index (χ0n) is 15.1. The number of hydrogen-bond donors (Lipinski definition) is 1. The van der Waals surface area contributed by atoms with Crippen LogP contribution in [0.15, 0.2) is 15.8 Å². The van der Waals surface area contributed by atoms with Gasteiger partial charge in [0, 0.05) is 38.0 Å². The molecule has 2 rings (SSSR count). The summed E-state index contributed by atoms with van der Waals surface area (Å²) >= 11 is 2.07. The molecule has 1 fully saturated rings. The fourth-order valence-corrected chi connectivity index (χ4v) is 3.61. The molecule has 1 aromatic rings. The van der Waals surface area contributed by atoms with E-state index in [4.69, 9.17) is 18.9 Å². The van der Waals surface area contributed by atoms with Gasteiger partial charge in [-0.05, 0) is 0 Å². The summed E-state index contributed by atoms with van der Waals surface area (Å²) in [6, 6.07) is 0. The molecule has 150 valence electrons. The Morgan fingerprint density at radius 1 is 1.37 bits per heavy atom. The van der Waals surface area contributed by atoms with Crippen LogP contribution in [0, 0.1) is 0 Å². The molecule has 1 aromatic heterocycles. The minimum absolute atomic E-state index is 0.122. The van der Waals surface area contributed by atoms with Crippen molar-refractivity contribution >= 4 is 34.5 Å². The van der Waals surface area contributed by atoms with Crippen LogP contribution in [0.3, 0.4) is 0 Å². The van der Waals surface area contributed by atoms with Gasteiger partial charge in [0.2, 0.25) is 0 Å². The number of alkyl halides is 1. The second-order valence-electron chi connectivity index (χ2n) is 5.94. The van der Waals surface area contributed by atoms with E-state index in [0.29, 0.717) is 4.43 Å². The molecule has 2 unspecified atom stereocenters. The van der Waals surface area contributed by atoms with Crippen LogP contribution in [0.25, 0.3) is 0 Å². The molecule has 10 nitrogen and oxygen atoms in total. The van der Waals surface area contributed by atoms with Crippen LogP contribution in [-0.2, 0) is 28.5 Å². The van der Waals surface area contributed by atoms with Crippen molar-refractivity contribution in [3.8, 4) is 0 Å². The summed E-state index contributed by atoms with van der Waals surface area (Å²) in [5.41, 5.74) is -0.917. The average Bonchev–Trinajstić information content (AvgIpc) is 2.97. The Hall–Kier alpha value is -1.73. The number of methoxy groups -OCH3 is 1.